The van der Waals surface area contributed by atoms with E-state index in [0.717, 1.165) is 10.6 Å². The summed E-state index contributed by atoms with van der Waals surface area (Å²) in [5.74, 6) is 1.18. The van der Waals surface area contributed by atoms with Gasteiger partial charge in [0.25, 0.3) is 0 Å². The van der Waals surface area contributed by atoms with Crippen molar-refractivity contribution >= 4 is 16.9 Å². The van der Waals surface area contributed by atoms with Gasteiger partial charge in [-0.1, -0.05) is 18.2 Å². The van der Waals surface area contributed by atoms with Gasteiger partial charge in [0, 0.05) is 13.5 Å². The number of rotatable bonds is 12. The summed E-state index contributed by atoms with van der Waals surface area (Å²) in [7, 11) is 1.36. The Balaban J connectivity index is 1.46. The molecule has 2 atom stereocenters. The van der Waals surface area contributed by atoms with E-state index in [4.69, 9.17) is 23.7 Å². The number of cyclic esters (lactones) is 1. The fourth-order valence-electron chi connectivity index (χ4n) is 3.50. The topological polar surface area (TPSA) is 63.2 Å². The predicted molar refractivity (Wildman–Crippen MR) is 130 cm³/mol. The van der Waals surface area contributed by atoms with Crippen molar-refractivity contribution in [1.82, 2.24) is 0 Å². The molecule has 1 saturated heterocycles. The molecule has 7 heteroatoms. The number of hydrogen-bond acceptors (Lipinski definition) is 6. The Morgan fingerprint density at radius 3 is 2.03 bits per heavy atom. The van der Waals surface area contributed by atoms with Gasteiger partial charge in [-0.3, -0.25) is 0 Å². The molecule has 3 aromatic carbocycles. The van der Waals surface area contributed by atoms with Crippen LogP contribution in [0.4, 0.5) is 0 Å². The van der Waals surface area contributed by atoms with Crippen molar-refractivity contribution in [1.29, 1.82) is 0 Å². The second kappa shape index (κ2) is 12.5. The van der Waals surface area contributed by atoms with Crippen molar-refractivity contribution < 1.29 is 28.5 Å². The van der Waals surface area contributed by atoms with Crippen LogP contribution in [0.1, 0.15) is 6.42 Å². The smallest absolute Gasteiger partial charge is 0.347 e. The maximum atomic E-state index is 11.7. The molecule has 0 spiro atoms. The van der Waals surface area contributed by atoms with Gasteiger partial charge in [0.1, 0.15) is 18.1 Å². The Hall–Kier alpha value is -3.00. The van der Waals surface area contributed by atoms with Crippen LogP contribution in [0.15, 0.2) is 93.5 Å². The lowest BCUT2D eigenvalue weighted by atomic mass is 10.3. The maximum absolute atomic E-state index is 11.7. The molecule has 3 aromatic rings. The van der Waals surface area contributed by atoms with Crippen molar-refractivity contribution in [2.75, 3.05) is 40.1 Å². The van der Waals surface area contributed by atoms with Gasteiger partial charge in [0.15, 0.2) is 20.8 Å². The molecule has 0 radical (unpaired) electrons. The molecule has 0 aromatic heterocycles. The lowest BCUT2D eigenvalue weighted by molar-refractivity contribution is -0.143. The van der Waals surface area contributed by atoms with Crippen LogP contribution >= 0.6 is 0 Å². The van der Waals surface area contributed by atoms with Crippen LogP contribution in [-0.2, 0) is 29.9 Å². The molecule has 34 heavy (non-hydrogen) atoms. The number of carbonyl (C=O) groups is 1. The van der Waals surface area contributed by atoms with Gasteiger partial charge in [0.05, 0.1) is 37.3 Å². The lowest BCUT2D eigenvalue weighted by Crippen LogP contribution is -2.21. The van der Waals surface area contributed by atoms with Crippen LogP contribution in [0, 0.1) is 0 Å². The molecule has 1 aliphatic heterocycles. The van der Waals surface area contributed by atoms with Crippen molar-refractivity contribution in [3.05, 3.63) is 78.9 Å². The normalized spacial score (nSPS) is 16.1. The lowest BCUT2D eigenvalue weighted by Gasteiger charge is -2.12. The Morgan fingerprint density at radius 2 is 1.41 bits per heavy atom. The van der Waals surface area contributed by atoms with Crippen LogP contribution in [0.25, 0.3) is 0 Å². The highest BCUT2D eigenvalue weighted by Crippen LogP contribution is 2.33. The van der Waals surface area contributed by atoms with Gasteiger partial charge in [-0.25, -0.2) is 4.79 Å². The number of carbonyl (C=O) groups excluding carboxylic acids is 1. The zero-order valence-corrected chi connectivity index (χ0v) is 20.0. The molecule has 0 amide bonds. The Morgan fingerprint density at radius 1 is 0.794 bits per heavy atom. The molecule has 0 aliphatic carbocycles. The van der Waals surface area contributed by atoms with E-state index < -0.39 is 6.10 Å². The molecule has 178 valence electrons. The highest BCUT2D eigenvalue weighted by atomic mass is 32.2. The molecule has 1 fully saturated rings. The van der Waals surface area contributed by atoms with Gasteiger partial charge in [-0.15, -0.1) is 0 Å². The summed E-state index contributed by atoms with van der Waals surface area (Å²) in [6.07, 6.45) is 0.0685. The molecular weight excluding hydrogens is 452 g/mol. The quantitative estimate of drug-likeness (QED) is 0.215. The Kier molecular flexibility index (Phi) is 8.84. The summed E-state index contributed by atoms with van der Waals surface area (Å²) in [6, 6.07) is 26.6. The number of hydrogen-bond donors (Lipinski definition) is 0. The average Bonchev–Trinajstić information content (AvgIpc) is 3.28. The van der Waals surface area contributed by atoms with E-state index in [-0.39, 0.29) is 16.9 Å². The summed E-state index contributed by atoms with van der Waals surface area (Å²) >= 11 is 0. The molecule has 4 rings (SSSR count). The van der Waals surface area contributed by atoms with Crippen molar-refractivity contribution in [3.63, 3.8) is 0 Å². The van der Waals surface area contributed by atoms with E-state index in [1.54, 1.807) is 7.11 Å². The minimum Gasteiger partial charge on any atom is -0.491 e. The second-order valence-corrected chi connectivity index (χ2v) is 9.60. The summed E-state index contributed by atoms with van der Waals surface area (Å²) in [6.45, 7) is 2.57. The first-order valence-corrected chi connectivity index (χ1v) is 12.5. The highest BCUT2D eigenvalue weighted by molar-refractivity contribution is 7.97. The van der Waals surface area contributed by atoms with Crippen LogP contribution < -0.4 is 9.47 Å². The molecule has 1 heterocycles. The third-order valence-electron chi connectivity index (χ3n) is 5.19. The van der Waals surface area contributed by atoms with Crippen LogP contribution in [0.2, 0.25) is 0 Å². The van der Waals surface area contributed by atoms with E-state index in [9.17, 15) is 4.79 Å². The second-order valence-electron chi connectivity index (χ2n) is 7.58. The fraction of sp³-hybridized carbons (Fsp3) is 0.296. The first-order valence-electron chi connectivity index (χ1n) is 11.3. The van der Waals surface area contributed by atoms with E-state index in [1.807, 2.05) is 30.3 Å². The first-order chi connectivity index (χ1) is 16.7. The zero-order valence-electron chi connectivity index (χ0n) is 19.2. The summed E-state index contributed by atoms with van der Waals surface area (Å²) in [4.78, 5) is 15.3. The number of ether oxygens (including phenoxy) is 5. The van der Waals surface area contributed by atoms with E-state index in [1.165, 1.54) is 9.79 Å². The predicted octanol–water partition coefficient (Wildman–Crippen LogP) is 4.52. The number of benzene rings is 3. The Bertz CT molecular complexity index is 1020. The first kappa shape index (κ1) is 24.1. The highest BCUT2D eigenvalue weighted by Gasteiger charge is 2.30. The molecule has 2 unspecified atom stereocenters. The Labute approximate surface area is 203 Å². The third-order valence-corrected chi connectivity index (χ3v) is 7.42. The van der Waals surface area contributed by atoms with Crippen LogP contribution in [0.3, 0.4) is 0 Å². The van der Waals surface area contributed by atoms with E-state index in [2.05, 4.69) is 48.5 Å². The van der Waals surface area contributed by atoms with Gasteiger partial charge in [-0.05, 0) is 60.7 Å². The molecule has 0 saturated carbocycles. The van der Waals surface area contributed by atoms with E-state index in [0.29, 0.717) is 45.2 Å². The van der Waals surface area contributed by atoms with Gasteiger partial charge < -0.3 is 23.7 Å². The van der Waals surface area contributed by atoms with Crippen LogP contribution in [0.5, 0.6) is 11.5 Å². The summed E-state index contributed by atoms with van der Waals surface area (Å²) < 4.78 is 27.0. The molecule has 6 nitrogen and oxygen atoms in total. The van der Waals surface area contributed by atoms with Crippen molar-refractivity contribution in [2.45, 2.75) is 27.2 Å². The van der Waals surface area contributed by atoms with Crippen LogP contribution in [-0.4, -0.2) is 52.2 Å². The maximum Gasteiger partial charge on any atom is 0.347 e. The third kappa shape index (κ3) is 6.53. The standard InChI is InChI=1S/C27H29O6S/c1-29-17-18-30-19-20-31-21-7-11-24(12-8-21)34(23-5-3-2-4-6-23)25-13-9-22(10-14-25)33-26-15-16-32-27(26)28/h2-14,26H,15-20H2,1H3/q+1. The summed E-state index contributed by atoms with van der Waals surface area (Å²) in [5, 5.41) is 0. The fourth-order valence-corrected chi connectivity index (χ4v) is 5.56. The average molecular weight is 482 g/mol. The monoisotopic (exact) mass is 481 g/mol. The molecule has 1 aliphatic rings. The minimum absolute atomic E-state index is 0.294. The minimum atomic E-state index is -0.517. The number of methoxy groups -OCH3 is 1. The number of esters is 1. The SMILES string of the molecule is COCCOCCOc1ccc([S+](c2ccccc2)c2ccc(OC3CCOC3=O)cc2)cc1. The van der Waals surface area contributed by atoms with Crippen molar-refractivity contribution in [2.24, 2.45) is 0 Å². The largest absolute Gasteiger partial charge is 0.491 e. The summed E-state index contributed by atoms with van der Waals surface area (Å²) in [5.41, 5.74) is 0. The van der Waals surface area contributed by atoms with Gasteiger partial charge in [-0.2, -0.15) is 0 Å². The van der Waals surface area contributed by atoms with Crippen molar-refractivity contribution in [3.8, 4) is 11.5 Å². The van der Waals surface area contributed by atoms with Gasteiger partial charge in [0.2, 0.25) is 0 Å². The van der Waals surface area contributed by atoms with E-state index >= 15 is 0 Å². The molecule has 0 bridgehead atoms. The molecule has 0 N–H and O–H groups in total. The van der Waals surface area contributed by atoms with Gasteiger partial charge >= 0.3 is 5.97 Å². The molecular formula is C27H29O6S+. The zero-order chi connectivity index (χ0) is 23.6.